The van der Waals surface area contributed by atoms with Gasteiger partial charge < -0.3 is 31.3 Å². The number of ether oxygens (including phenoxy) is 1. The van der Waals surface area contributed by atoms with Gasteiger partial charge in [0.05, 0.1) is 22.8 Å². The summed E-state index contributed by atoms with van der Waals surface area (Å²) < 4.78 is 38.1. The highest BCUT2D eigenvalue weighted by atomic mass is 32.2. The number of oxime groups is 1. The van der Waals surface area contributed by atoms with Crippen molar-refractivity contribution < 1.29 is 32.1 Å². The summed E-state index contributed by atoms with van der Waals surface area (Å²) in [5, 5.41) is 15.3. The Morgan fingerprint density at radius 3 is 2.79 bits per heavy atom. The third-order valence-electron chi connectivity index (χ3n) is 5.52. The predicted molar refractivity (Wildman–Crippen MR) is 140 cm³/mol. The largest absolute Gasteiger partial charge is 0.490 e. The summed E-state index contributed by atoms with van der Waals surface area (Å²) in [5.74, 6) is -1.20. The Morgan fingerprint density at radius 2 is 2.13 bits per heavy atom. The minimum atomic E-state index is -4.68. The first kappa shape index (κ1) is 26.0. The molecule has 202 valence electrons. The van der Waals surface area contributed by atoms with Crippen LogP contribution < -0.4 is 26.4 Å². The number of amides is 2. The third-order valence-corrected chi connectivity index (χ3v) is 8.03. The number of nitrogens with two attached hydrogens (primary N) is 1. The number of benzene rings is 1. The molecule has 0 aliphatic carbocycles. The van der Waals surface area contributed by atoms with Crippen molar-refractivity contribution in [2.75, 3.05) is 43.9 Å². The van der Waals surface area contributed by atoms with Crippen LogP contribution in [0.25, 0.3) is 10.2 Å². The molecule has 0 spiro atoms. The van der Waals surface area contributed by atoms with Crippen LogP contribution >= 0.6 is 22.7 Å². The lowest BCUT2D eigenvalue weighted by atomic mass is 10.1. The molecule has 1 unspecified atom stereocenters. The number of aromatic nitrogens is 2. The molecular weight excluding hydrogens is 560 g/mol. The second-order valence-corrected chi connectivity index (χ2v) is 11.5. The Kier molecular flexibility index (Phi) is 7.30. The summed E-state index contributed by atoms with van der Waals surface area (Å²) in [6.45, 7) is 1.52. The Morgan fingerprint density at radius 1 is 1.32 bits per heavy atom. The first-order chi connectivity index (χ1) is 18.2. The van der Waals surface area contributed by atoms with Gasteiger partial charge in [0.15, 0.2) is 22.6 Å². The van der Waals surface area contributed by atoms with Gasteiger partial charge in [0.25, 0.3) is 11.8 Å². The number of nitrogens with one attached hydrogen (secondary N) is 3. The van der Waals surface area contributed by atoms with Crippen LogP contribution in [-0.4, -0.2) is 89.7 Å². The molecule has 0 saturated carbocycles. The van der Waals surface area contributed by atoms with Gasteiger partial charge in [0.1, 0.15) is 24.1 Å². The Labute approximate surface area is 223 Å². The van der Waals surface area contributed by atoms with E-state index in [2.05, 4.69) is 31.1 Å². The van der Waals surface area contributed by atoms with E-state index >= 15 is 0 Å². The van der Waals surface area contributed by atoms with Crippen molar-refractivity contribution in [1.29, 1.82) is 0 Å². The van der Waals surface area contributed by atoms with E-state index in [1.807, 2.05) is 12.1 Å². The molecule has 2 aromatic heterocycles. The topological polar surface area (TPSA) is 210 Å². The molecule has 1 aromatic carbocycles. The zero-order valence-electron chi connectivity index (χ0n) is 19.5. The molecule has 38 heavy (non-hydrogen) atoms. The maximum Gasteiger partial charge on any atom is 0.362 e. The molecule has 2 fully saturated rings. The number of anilines is 2. The zero-order valence-corrected chi connectivity index (χ0v) is 21.9. The normalized spacial score (nSPS) is 18.1. The minimum absolute atomic E-state index is 0.0164. The molecule has 0 radical (unpaired) electrons. The second kappa shape index (κ2) is 10.7. The highest BCUT2D eigenvalue weighted by molar-refractivity contribution is 7.84. The van der Waals surface area contributed by atoms with Crippen molar-refractivity contribution in [2.24, 2.45) is 5.16 Å². The highest BCUT2D eigenvalue weighted by Gasteiger charge is 2.45. The molecule has 2 aliphatic rings. The number of thiazole rings is 2. The summed E-state index contributed by atoms with van der Waals surface area (Å²) in [6.07, 6.45) is 0. The number of carbonyl (C=O) groups is 2. The van der Waals surface area contributed by atoms with Gasteiger partial charge in [-0.1, -0.05) is 16.5 Å². The standard InChI is InChI=1S/C20H22N8O7S3/c21-19-25-14(9-36-19)16(17(29)24-13-8-28(18(13)30)38(31,32)33)27-35-4-3-34-11-1-2-12-15(5-11)37-20(26-12)23-10-6-22-7-10/h1-2,5,9-10,13,22H,3-4,6-8H2,(H2,21,25)(H,23,26)(H,24,29)(H,31,32,33)/b27-16-. The van der Waals surface area contributed by atoms with Gasteiger partial charge in [-0.2, -0.15) is 8.42 Å². The lowest BCUT2D eigenvalue weighted by Gasteiger charge is -2.35. The van der Waals surface area contributed by atoms with E-state index in [1.165, 1.54) is 16.7 Å². The van der Waals surface area contributed by atoms with Crippen LogP contribution in [0.15, 0.2) is 28.7 Å². The molecule has 2 amide bonds. The quantitative estimate of drug-likeness (QED) is 0.0646. The third kappa shape index (κ3) is 5.78. The van der Waals surface area contributed by atoms with Crippen LogP contribution in [0.5, 0.6) is 5.75 Å². The summed E-state index contributed by atoms with van der Waals surface area (Å²) in [7, 11) is -4.68. The van der Waals surface area contributed by atoms with Crippen molar-refractivity contribution in [1.82, 2.24) is 24.9 Å². The van der Waals surface area contributed by atoms with E-state index < -0.39 is 34.7 Å². The van der Waals surface area contributed by atoms with Gasteiger partial charge in [-0.05, 0) is 18.2 Å². The van der Waals surface area contributed by atoms with Crippen molar-refractivity contribution in [2.45, 2.75) is 12.1 Å². The number of carbonyl (C=O) groups excluding carboxylic acids is 2. The number of rotatable bonds is 11. The lowest BCUT2D eigenvalue weighted by Crippen LogP contribution is -2.65. The van der Waals surface area contributed by atoms with E-state index in [0.29, 0.717) is 11.8 Å². The van der Waals surface area contributed by atoms with E-state index in [9.17, 15) is 18.0 Å². The molecule has 6 N–H and O–H groups in total. The van der Waals surface area contributed by atoms with E-state index in [-0.39, 0.29) is 34.1 Å². The van der Waals surface area contributed by atoms with Crippen molar-refractivity contribution in [3.8, 4) is 5.75 Å². The fourth-order valence-electron chi connectivity index (χ4n) is 3.47. The molecule has 2 saturated heterocycles. The van der Waals surface area contributed by atoms with E-state index in [4.69, 9.17) is 19.9 Å². The summed E-state index contributed by atoms with van der Waals surface area (Å²) in [5.41, 5.74) is 6.37. The smallest absolute Gasteiger partial charge is 0.362 e. The van der Waals surface area contributed by atoms with Gasteiger partial charge >= 0.3 is 10.3 Å². The molecule has 3 aromatic rings. The summed E-state index contributed by atoms with van der Waals surface area (Å²) in [6, 6.07) is 4.77. The Hall–Kier alpha value is -3.58. The van der Waals surface area contributed by atoms with Gasteiger partial charge in [-0.25, -0.2) is 14.3 Å². The van der Waals surface area contributed by atoms with Gasteiger partial charge in [-0.15, -0.1) is 11.3 Å². The number of β-lactam (4-membered cyclic amide) rings is 1. The van der Waals surface area contributed by atoms with Crippen LogP contribution in [0.1, 0.15) is 5.69 Å². The van der Waals surface area contributed by atoms with Crippen LogP contribution in [0.3, 0.4) is 0 Å². The first-order valence-corrected chi connectivity index (χ1v) is 14.3. The zero-order chi connectivity index (χ0) is 26.9. The predicted octanol–water partition coefficient (Wildman–Crippen LogP) is -0.352. The number of nitrogen functional groups attached to an aromatic ring is 1. The fourth-order valence-corrected chi connectivity index (χ4v) is 5.68. The second-order valence-electron chi connectivity index (χ2n) is 8.21. The molecule has 5 rings (SSSR count). The molecule has 18 heteroatoms. The van der Waals surface area contributed by atoms with Crippen molar-refractivity contribution in [3.05, 3.63) is 29.3 Å². The first-order valence-electron chi connectivity index (χ1n) is 11.2. The summed E-state index contributed by atoms with van der Waals surface area (Å²) >= 11 is 2.60. The Balaban J connectivity index is 1.16. The van der Waals surface area contributed by atoms with E-state index in [1.54, 1.807) is 6.07 Å². The number of hydrogen-bond acceptors (Lipinski definition) is 14. The fraction of sp³-hybridized carbons (Fsp3) is 0.350. The molecule has 15 nitrogen and oxygen atoms in total. The monoisotopic (exact) mass is 582 g/mol. The maximum atomic E-state index is 12.7. The number of fused-ring (bicyclic) bond motifs is 1. The molecule has 2 aliphatic heterocycles. The van der Waals surface area contributed by atoms with Crippen LogP contribution in [0, 0.1) is 0 Å². The average Bonchev–Trinajstić information content (AvgIpc) is 3.45. The molecule has 0 bridgehead atoms. The van der Waals surface area contributed by atoms with Crippen molar-refractivity contribution in [3.63, 3.8) is 0 Å². The Bertz CT molecular complexity index is 1500. The number of nitrogens with zero attached hydrogens (tertiary/aromatic N) is 4. The van der Waals surface area contributed by atoms with Crippen LogP contribution in [-0.2, 0) is 24.7 Å². The van der Waals surface area contributed by atoms with Crippen LogP contribution in [0.2, 0.25) is 0 Å². The molecular formula is C20H22N8O7S3. The number of hydrogen-bond donors (Lipinski definition) is 5. The molecule has 1 atom stereocenters. The maximum absolute atomic E-state index is 12.7. The van der Waals surface area contributed by atoms with Gasteiger partial charge in [0.2, 0.25) is 0 Å². The molecule has 4 heterocycles. The lowest BCUT2D eigenvalue weighted by molar-refractivity contribution is -0.139. The van der Waals surface area contributed by atoms with Gasteiger partial charge in [0, 0.05) is 18.5 Å². The van der Waals surface area contributed by atoms with Gasteiger partial charge in [-0.3, -0.25) is 14.1 Å². The SMILES string of the molecule is Nc1nc(/C(=N/OCCOc2ccc3nc(NC4CNC4)sc3c2)C(=O)NC2CN(S(=O)(=O)O)C2=O)cs1. The summed E-state index contributed by atoms with van der Waals surface area (Å²) in [4.78, 5) is 38.5. The van der Waals surface area contributed by atoms with Crippen LogP contribution in [0.4, 0.5) is 10.3 Å². The minimum Gasteiger partial charge on any atom is -0.490 e. The highest BCUT2D eigenvalue weighted by Crippen LogP contribution is 2.30. The average molecular weight is 583 g/mol. The van der Waals surface area contributed by atoms with Crippen molar-refractivity contribution >= 4 is 71.0 Å². The van der Waals surface area contributed by atoms with E-state index in [0.717, 1.165) is 39.8 Å².